The fourth-order valence-corrected chi connectivity index (χ4v) is 1.82. The maximum Gasteiger partial charge on any atom is 0.152 e. The van der Waals surface area contributed by atoms with Gasteiger partial charge >= 0.3 is 0 Å². The molecular formula is C14H15NO. The zero-order chi connectivity index (χ0) is 11.5. The molecule has 0 bridgehead atoms. The first-order valence-corrected chi connectivity index (χ1v) is 5.39. The lowest BCUT2D eigenvalue weighted by Crippen LogP contribution is -1.96. The van der Waals surface area contributed by atoms with E-state index in [1.807, 2.05) is 30.5 Å². The van der Waals surface area contributed by atoms with Crippen LogP contribution in [0.1, 0.15) is 24.2 Å². The Morgan fingerprint density at radius 1 is 1.31 bits per heavy atom. The van der Waals surface area contributed by atoms with Crippen LogP contribution in [0.4, 0.5) is 0 Å². The second kappa shape index (κ2) is 4.35. The summed E-state index contributed by atoms with van der Waals surface area (Å²) in [6.07, 6.45) is 5.10. The Bertz CT molecular complexity index is 545. The summed E-state index contributed by atoms with van der Waals surface area (Å²) >= 11 is 0. The van der Waals surface area contributed by atoms with E-state index in [2.05, 4.69) is 24.5 Å². The fourth-order valence-electron chi connectivity index (χ4n) is 1.82. The summed E-state index contributed by atoms with van der Waals surface area (Å²) in [5, 5.41) is 1.12. The number of para-hydroxylation sites is 1. The summed E-state index contributed by atoms with van der Waals surface area (Å²) in [7, 11) is 0. The molecule has 1 aromatic carbocycles. The fraction of sp³-hybridized carbons (Fsp3) is 0.214. The number of carbonyl (C=O) groups excluding carboxylic acids is 1. The van der Waals surface area contributed by atoms with Gasteiger partial charge in [-0.2, -0.15) is 0 Å². The van der Waals surface area contributed by atoms with Crippen LogP contribution in [0, 0.1) is 0 Å². The molecule has 82 valence electrons. The van der Waals surface area contributed by atoms with Crippen LogP contribution in [-0.4, -0.2) is 10.9 Å². The molecule has 2 rings (SSSR count). The van der Waals surface area contributed by atoms with Crippen molar-refractivity contribution < 1.29 is 4.79 Å². The molecule has 0 atom stereocenters. The molecule has 2 aromatic rings. The maximum absolute atomic E-state index is 11.0. The van der Waals surface area contributed by atoms with Crippen molar-refractivity contribution in [3.8, 4) is 0 Å². The van der Waals surface area contributed by atoms with Crippen LogP contribution in [0.3, 0.4) is 0 Å². The first-order valence-electron chi connectivity index (χ1n) is 5.39. The standard InChI is InChI=1S/C14H15NO/c1-11(2)6-8-15-9-7-12-4-3-5-13(10-16)14(12)15/h3-7,9-10H,8H2,1-2H3. The molecule has 0 aliphatic heterocycles. The van der Waals surface area contributed by atoms with Crippen molar-refractivity contribution in [2.24, 2.45) is 0 Å². The molecule has 0 amide bonds. The van der Waals surface area contributed by atoms with E-state index in [0.29, 0.717) is 0 Å². The number of nitrogens with zero attached hydrogens (tertiary/aromatic N) is 1. The minimum Gasteiger partial charge on any atom is -0.343 e. The number of hydrogen-bond donors (Lipinski definition) is 0. The lowest BCUT2D eigenvalue weighted by molar-refractivity contribution is 0.112. The molecule has 16 heavy (non-hydrogen) atoms. The summed E-state index contributed by atoms with van der Waals surface area (Å²) in [5.41, 5.74) is 3.06. The van der Waals surface area contributed by atoms with Crippen LogP contribution in [0.2, 0.25) is 0 Å². The molecule has 0 fully saturated rings. The van der Waals surface area contributed by atoms with Gasteiger partial charge in [0.15, 0.2) is 6.29 Å². The number of allylic oxidation sites excluding steroid dienone is 2. The number of carbonyl (C=O) groups is 1. The van der Waals surface area contributed by atoms with E-state index in [1.54, 1.807) is 0 Å². The smallest absolute Gasteiger partial charge is 0.152 e. The molecule has 0 unspecified atom stereocenters. The molecule has 2 heteroatoms. The van der Waals surface area contributed by atoms with Gasteiger partial charge < -0.3 is 4.57 Å². The van der Waals surface area contributed by atoms with Crippen LogP contribution < -0.4 is 0 Å². The molecule has 1 aromatic heterocycles. The van der Waals surface area contributed by atoms with Gasteiger partial charge in [0.2, 0.25) is 0 Å². The summed E-state index contributed by atoms with van der Waals surface area (Å²) in [6, 6.07) is 7.84. The monoisotopic (exact) mass is 213 g/mol. The highest BCUT2D eigenvalue weighted by atomic mass is 16.1. The van der Waals surface area contributed by atoms with Crippen molar-refractivity contribution in [2.45, 2.75) is 20.4 Å². The minimum absolute atomic E-state index is 0.754. The Kier molecular flexibility index (Phi) is 2.91. The Balaban J connectivity index is 2.54. The van der Waals surface area contributed by atoms with Crippen LogP contribution in [0.25, 0.3) is 10.9 Å². The van der Waals surface area contributed by atoms with Gasteiger partial charge in [-0.3, -0.25) is 4.79 Å². The van der Waals surface area contributed by atoms with Gasteiger partial charge in [0.05, 0.1) is 5.52 Å². The Labute approximate surface area is 95.2 Å². The third kappa shape index (κ3) is 1.91. The van der Waals surface area contributed by atoms with Gasteiger partial charge in [-0.15, -0.1) is 0 Å². The largest absolute Gasteiger partial charge is 0.343 e. The first-order chi connectivity index (χ1) is 7.72. The zero-order valence-corrected chi connectivity index (χ0v) is 9.60. The highest BCUT2D eigenvalue weighted by Crippen LogP contribution is 2.19. The number of aromatic nitrogens is 1. The lowest BCUT2D eigenvalue weighted by atomic mass is 10.1. The van der Waals surface area contributed by atoms with Crippen molar-refractivity contribution in [1.82, 2.24) is 4.57 Å². The second-order valence-corrected chi connectivity index (χ2v) is 4.15. The molecule has 0 aliphatic rings. The molecule has 0 aliphatic carbocycles. The van der Waals surface area contributed by atoms with E-state index in [-0.39, 0.29) is 0 Å². The minimum atomic E-state index is 0.754. The summed E-state index contributed by atoms with van der Waals surface area (Å²) < 4.78 is 2.10. The number of benzene rings is 1. The average molecular weight is 213 g/mol. The second-order valence-electron chi connectivity index (χ2n) is 4.15. The van der Waals surface area contributed by atoms with Crippen molar-refractivity contribution in [2.75, 3.05) is 0 Å². The predicted octanol–water partition coefficient (Wildman–Crippen LogP) is 3.42. The zero-order valence-electron chi connectivity index (χ0n) is 9.60. The molecule has 0 saturated heterocycles. The number of aldehydes is 1. The molecule has 2 nitrogen and oxygen atoms in total. The lowest BCUT2D eigenvalue weighted by Gasteiger charge is -2.04. The van der Waals surface area contributed by atoms with Crippen molar-refractivity contribution >= 4 is 17.2 Å². The normalized spacial score (nSPS) is 10.4. The van der Waals surface area contributed by atoms with Gasteiger partial charge in [-0.25, -0.2) is 0 Å². The van der Waals surface area contributed by atoms with Gasteiger partial charge in [0.1, 0.15) is 0 Å². The van der Waals surface area contributed by atoms with E-state index in [0.717, 1.165) is 29.3 Å². The third-order valence-electron chi connectivity index (χ3n) is 2.64. The topological polar surface area (TPSA) is 22.0 Å². The third-order valence-corrected chi connectivity index (χ3v) is 2.64. The SMILES string of the molecule is CC(C)=CCn1ccc2cccc(C=O)c21. The highest BCUT2D eigenvalue weighted by molar-refractivity contribution is 5.96. The maximum atomic E-state index is 11.0. The Hall–Kier alpha value is -1.83. The number of rotatable bonds is 3. The Morgan fingerprint density at radius 2 is 2.12 bits per heavy atom. The molecule has 0 spiro atoms. The van der Waals surface area contributed by atoms with Crippen molar-refractivity contribution in [3.05, 3.63) is 47.7 Å². The van der Waals surface area contributed by atoms with Crippen LogP contribution in [-0.2, 0) is 6.54 Å². The van der Waals surface area contributed by atoms with E-state index < -0.39 is 0 Å². The van der Waals surface area contributed by atoms with Gasteiger partial charge in [0, 0.05) is 23.7 Å². The van der Waals surface area contributed by atoms with E-state index >= 15 is 0 Å². The number of fused-ring (bicyclic) bond motifs is 1. The molecular weight excluding hydrogens is 198 g/mol. The summed E-state index contributed by atoms with van der Waals surface area (Å²) in [6.45, 7) is 4.97. The predicted molar refractivity (Wildman–Crippen MR) is 66.8 cm³/mol. The van der Waals surface area contributed by atoms with Crippen molar-refractivity contribution in [1.29, 1.82) is 0 Å². The quantitative estimate of drug-likeness (QED) is 0.565. The first kappa shape index (κ1) is 10.7. The van der Waals surface area contributed by atoms with Crippen LogP contribution >= 0.6 is 0 Å². The van der Waals surface area contributed by atoms with Gasteiger partial charge in [-0.05, 0) is 26.0 Å². The van der Waals surface area contributed by atoms with Gasteiger partial charge in [0.25, 0.3) is 0 Å². The Morgan fingerprint density at radius 3 is 2.81 bits per heavy atom. The summed E-state index contributed by atoms with van der Waals surface area (Å²) in [4.78, 5) is 11.0. The van der Waals surface area contributed by atoms with Gasteiger partial charge in [-0.1, -0.05) is 23.8 Å². The summed E-state index contributed by atoms with van der Waals surface area (Å²) in [5.74, 6) is 0. The molecule has 0 radical (unpaired) electrons. The average Bonchev–Trinajstić information content (AvgIpc) is 2.69. The highest BCUT2D eigenvalue weighted by Gasteiger charge is 2.04. The van der Waals surface area contributed by atoms with Crippen LogP contribution in [0.5, 0.6) is 0 Å². The van der Waals surface area contributed by atoms with E-state index in [1.165, 1.54) is 5.57 Å². The molecule has 0 saturated carbocycles. The number of hydrogen-bond acceptors (Lipinski definition) is 1. The molecule has 1 heterocycles. The van der Waals surface area contributed by atoms with E-state index in [9.17, 15) is 4.79 Å². The van der Waals surface area contributed by atoms with Crippen LogP contribution in [0.15, 0.2) is 42.1 Å². The molecule has 0 N–H and O–H groups in total. The van der Waals surface area contributed by atoms with Crippen molar-refractivity contribution in [3.63, 3.8) is 0 Å². The van der Waals surface area contributed by atoms with E-state index in [4.69, 9.17) is 0 Å².